The van der Waals surface area contributed by atoms with Gasteiger partial charge in [-0.1, -0.05) is 48.6 Å². The standard InChI is InChI=1S/C12H14/c1-4-5-6-12-9-10(2)7-8-11(12)3/h4-9H,3H2,1-2H3/b5-4-,12-6-. The van der Waals surface area contributed by atoms with Crippen LogP contribution in [-0.2, 0) is 0 Å². The maximum absolute atomic E-state index is 3.95. The Kier molecular flexibility index (Phi) is 2.87. The Morgan fingerprint density at radius 3 is 2.75 bits per heavy atom. The van der Waals surface area contributed by atoms with Gasteiger partial charge in [-0.25, -0.2) is 0 Å². The van der Waals surface area contributed by atoms with E-state index in [1.165, 1.54) is 10.8 Å². The van der Waals surface area contributed by atoms with E-state index in [2.05, 4.69) is 31.7 Å². The van der Waals surface area contributed by atoms with Crippen LogP contribution < -0.4 is 10.4 Å². The summed E-state index contributed by atoms with van der Waals surface area (Å²) in [6.45, 7) is 8.05. The van der Waals surface area contributed by atoms with Crippen molar-refractivity contribution in [1.29, 1.82) is 0 Å². The summed E-state index contributed by atoms with van der Waals surface area (Å²) in [5, 5.41) is 2.28. The average Bonchev–Trinajstić information content (AvgIpc) is 2.07. The topological polar surface area (TPSA) is 0 Å². The highest BCUT2D eigenvalue weighted by atomic mass is 13.9. The van der Waals surface area contributed by atoms with Crippen molar-refractivity contribution in [3.63, 3.8) is 0 Å². The van der Waals surface area contributed by atoms with Gasteiger partial charge in [-0.15, -0.1) is 0 Å². The Balaban J connectivity index is 3.32. The van der Waals surface area contributed by atoms with E-state index in [1.807, 2.05) is 25.1 Å². The Morgan fingerprint density at radius 1 is 1.33 bits per heavy atom. The molecule has 0 bridgehead atoms. The first kappa shape index (κ1) is 8.79. The highest BCUT2D eigenvalue weighted by Gasteiger charge is 1.82. The van der Waals surface area contributed by atoms with Gasteiger partial charge in [0.15, 0.2) is 0 Å². The summed E-state index contributed by atoms with van der Waals surface area (Å²) in [5.41, 5.74) is 1.28. The molecule has 0 aliphatic carbocycles. The van der Waals surface area contributed by atoms with Crippen molar-refractivity contribution in [2.75, 3.05) is 0 Å². The molecule has 1 aromatic carbocycles. The molecule has 0 unspecified atom stereocenters. The van der Waals surface area contributed by atoms with Crippen LogP contribution in [0.15, 0.2) is 30.4 Å². The van der Waals surface area contributed by atoms with Gasteiger partial charge in [0.2, 0.25) is 0 Å². The molecule has 0 N–H and O–H groups in total. The third-order valence-corrected chi connectivity index (χ3v) is 1.77. The van der Waals surface area contributed by atoms with E-state index in [-0.39, 0.29) is 0 Å². The molecule has 0 nitrogen and oxygen atoms in total. The molecule has 1 rings (SSSR count). The van der Waals surface area contributed by atoms with Gasteiger partial charge in [-0.05, 0) is 24.3 Å². The minimum atomic E-state index is 1.08. The van der Waals surface area contributed by atoms with Crippen molar-refractivity contribution < 1.29 is 0 Å². The fourth-order valence-electron chi connectivity index (χ4n) is 1.07. The van der Waals surface area contributed by atoms with Crippen LogP contribution in [0.4, 0.5) is 0 Å². The molecule has 0 heteroatoms. The van der Waals surface area contributed by atoms with Crippen molar-refractivity contribution in [3.8, 4) is 0 Å². The SMILES string of the molecule is C=c1ccc(C)c/c1=C/C=C\C. The Morgan fingerprint density at radius 2 is 2.08 bits per heavy atom. The van der Waals surface area contributed by atoms with E-state index < -0.39 is 0 Å². The second-order valence-corrected chi connectivity index (χ2v) is 2.89. The van der Waals surface area contributed by atoms with Gasteiger partial charge in [0, 0.05) is 0 Å². The van der Waals surface area contributed by atoms with Crippen molar-refractivity contribution in [2.24, 2.45) is 0 Å². The van der Waals surface area contributed by atoms with E-state index in [4.69, 9.17) is 0 Å². The van der Waals surface area contributed by atoms with Gasteiger partial charge in [-0.2, -0.15) is 0 Å². The molecule has 0 fully saturated rings. The third-order valence-electron chi connectivity index (χ3n) is 1.77. The van der Waals surface area contributed by atoms with Crippen LogP contribution in [0.1, 0.15) is 12.5 Å². The van der Waals surface area contributed by atoms with Crippen molar-refractivity contribution in [3.05, 3.63) is 46.4 Å². The summed E-state index contributed by atoms with van der Waals surface area (Å²) < 4.78 is 0. The molecule has 12 heavy (non-hydrogen) atoms. The lowest BCUT2D eigenvalue weighted by molar-refractivity contribution is 1.41. The molecule has 0 radical (unpaired) electrons. The Labute approximate surface area is 73.6 Å². The van der Waals surface area contributed by atoms with Crippen LogP contribution in [0.5, 0.6) is 0 Å². The molecule has 0 aromatic heterocycles. The summed E-state index contributed by atoms with van der Waals surface area (Å²) in [4.78, 5) is 0. The van der Waals surface area contributed by atoms with Gasteiger partial charge in [-0.3, -0.25) is 0 Å². The smallest absolute Gasteiger partial charge is 0.0187 e. The summed E-state index contributed by atoms with van der Waals surface area (Å²) >= 11 is 0. The zero-order valence-electron chi connectivity index (χ0n) is 7.67. The average molecular weight is 158 g/mol. The number of aryl methyl sites for hydroxylation is 1. The molecular weight excluding hydrogens is 144 g/mol. The maximum Gasteiger partial charge on any atom is -0.0187 e. The second kappa shape index (κ2) is 3.91. The molecule has 0 heterocycles. The first-order valence-corrected chi connectivity index (χ1v) is 4.12. The Bertz CT molecular complexity index is 383. The predicted molar refractivity (Wildman–Crippen MR) is 55.2 cm³/mol. The van der Waals surface area contributed by atoms with Crippen molar-refractivity contribution >= 4 is 12.7 Å². The van der Waals surface area contributed by atoms with Crippen molar-refractivity contribution in [2.45, 2.75) is 13.8 Å². The predicted octanol–water partition coefficient (Wildman–Crippen LogP) is 1.76. The van der Waals surface area contributed by atoms with Crippen LogP contribution >= 0.6 is 0 Å². The lowest BCUT2D eigenvalue weighted by Gasteiger charge is -1.90. The quantitative estimate of drug-likeness (QED) is 0.584. The fourth-order valence-corrected chi connectivity index (χ4v) is 1.07. The van der Waals surface area contributed by atoms with Crippen LogP contribution in [0.2, 0.25) is 0 Å². The highest BCUT2D eigenvalue weighted by Crippen LogP contribution is 1.85. The molecular formula is C12H14. The van der Waals surface area contributed by atoms with E-state index in [1.54, 1.807) is 0 Å². The van der Waals surface area contributed by atoms with E-state index in [0.717, 1.165) is 5.22 Å². The van der Waals surface area contributed by atoms with E-state index >= 15 is 0 Å². The number of hydrogen-bond donors (Lipinski definition) is 0. The first-order valence-electron chi connectivity index (χ1n) is 4.12. The largest absolute Gasteiger partial charge is 0.0912 e. The number of allylic oxidation sites excluding steroid dienone is 2. The van der Waals surface area contributed by atoms with Gasteiger partial charge >= 0.3 is 0 Å². The summed E-state index contributed by atoms with van der Waals surface area (Å²) in [6, 6.07) is 6.27. The summed E-state index contributed by atoms with van der Waals surface area (Å²) in [7, 11) is 0. The lowest BCUT2D eigenvalue weighted by Crippen LogP contribution is -2.22. The van der Waals surface area contributed by atoms with E-state index in [9.17, 15) is 0 Å². The van der Waals surface area contributed by atoms with Crippen LogP contribution in [0.25, 0.3) is 12.7 Å². The maximum atomic E-state index is 3.95. The van der Waals surface area contributed by atoms with E-state index in [0.29, 0.717) is 0 Å². The first-order chi connectivity index (χ1) is 5.74. The minimum absolute atomic E-state index is 1.08. The molecule has 0 aliphatic rings. The molecule has 0 saturated heterocycles. The second-order valence-electron chi connectivity index (χ2n) is 2.89. The normalized spacial score (nSPS) is 12.7. The summed E-state index contributed by atoms with van der Waals surface area (Å²) in [6.07, 6.45) is 6.13. The van der Waals surface area contributed by atoms with Crippen LogP contribution in [0.3, 0.4) is 0 Å². The van der Waals surface area contributed by atoms with Crippen LogP contribution in [0, 0.1) is 6.92 Å². The number of hydrogen-bond acceptors (Lipinski definition) is 0. The molecule has 0 aliphatic heterocycles. The molecule has 0 amide bonds. The van der Waals surface area contributed by atoms with Gasteiger partial charge in [0.1, 0.15) is 0 Å². The minimum Gasteiger partial charge on any atom is -0.0912 e. The van der Waals surface area contributed by atoms with Gasteiger partial charge in [0.05, 0.1) is 0 Å². The van der Waals surface area contributed by atoms with Gasteiger partial charge in [0.25, 0.3) is 0 Å². The highest BCUT2D eigenvalue weighted by molar-refractivity contribution is 5.38. The monoisotopic (exact) mass is 158 g/mol. The lowest BCUT2D eigenvalue weighted by atomic mass is 10.2. The molecule has 0 saturated carbocycles. The molecule has 1 aromatic rings. The van der Waals surface area contributed by atoms with Crippen LogP contribution in [-0.4, -0.2) is 0 Å². The summed E-state index contributed by atoms with van der Waals surface area (Å²) in [5.74, 6) is 0. The fraction of sp³-hybridized carbons (Fsp3) is 0.167. The number of rotatable bonds is 1. The Hall–Kier alpha value is -1.30. The zero-order chi connectivity index (χ0) is 8.97. The molecule has 0 atom stereocenters. The molecule has 62 valence electrons. The van der Waals surface area contributed by atoms with Crippen molar-refractivity contribution in [1.82, 2.24) is 0 Å². The molecule has 0 spiro atoms. The number of benzene rings is 1. The van der Waals surface area contributed by atoms with Gasteiger partial charge < -0.3 is 0 Å². The third kappa shape index (κ3) is 2.09. The zero-order valence-corrected chi connectivity index (χ0v) is 7.67.